The molecule has 2 aromatic rings. The molecule has 0 aliphatic rings. The van der Waals surface area contributed by atoms with Gasteiger partial charge in [-0.15, -0.1) is 0 Å². The number of aromatic nitrogens is 1. The summed E-state index contributed by atoms with van der Waals surface area (Å²) in [5, 5.41) is 0.0297. The smallest absolute Gasteiger partial charge is 0.311 e. The van der Waals surface area contributed by atoms with Gasteiger partial charge in [0.2, 0.25) is 5.89 Å². The average Bonchev–Trinajstić information content (AvgIpc) is 2.81. The number of hydrogen-bond donors (Lipinski definition) is 0. The zero-order chi connectivity index (χ0) is 13.8. The fraction of sp³-hybridized carbons (Fsp3) is 0.231. The summed E-state index contributed by atoms with van der Waals surface area (Å²) in [4.78, 5) is 15.4. The van der Waals surface area contributed by atoms with Crippen LogP contribution in [0.2, 0.25) is 5.02 Å². The molecule has 0 atom stereocenters. The number of nitrogens with zero attached hydrogens (tertiary/aromatic N) is 1. The lowest BCUT2D eigenvalue weighted by Crippen LogP contribution is -2.07. The van der Waals surface area contributed by atoms with Crippen molar-refractivity contribution in [3.05, 3.63) is 41.0 Å². The van der Waals surface area contributed by atoms with Crippen LogP contribution in [-0.2, 0) is 16.0 Å². The molecular weight excluding hydrogens is 273 g/mol. The molecular formula is C13H11ClFNO3. The maximum absolute atomic E-state index is 13.3. The van der Waals surface area contributed by atoms with Gasteiger partial charge in [-0.05, 0) is 25.1 Å². The number of hydrogen-bond acceptors (Lipinski definition) is 4. The maximum Gasteiger partial charge on any atom is 0.311 e. The van der Waals surface area contributed by atoms with Crippen LogP contribution in [0.5, 0.6) is 0 Å². The van der Waals surface area contributed by atoms with Crippen LogP contribution in [0.1, 0.15) is 12.6 Å². The highest BCUT2D eigenvalue weighted by atomic mass is 35.5. The molecule has 6 heteroatoms. The van der Waals surface area contributed by atoms with Crippen LogP contribution in [0.15, 0.2) is 28.9 Å². The van der Waals surface area contributed by atoms with Gasteiger partial charge in [-0.25, -0.2) is 9.37 Å². The summed E-state index contributed by atoms with van der Waals surface area (Å²) in [7, 11) is 0. The van der Waals surface area contributed by atoms with E-state index >= 15 is 0 Å². The van der Waals surface area contributed by atoms with E-state index < -0.39 is 5.82 Å². The van der Waals surface area contributed by atoms with Crippen LogP contribution < -0.4 is 0 Å². The first kappa shape index (κ1) is 13.5. The number of esters is 1. The van der Waals surface area contributed by atoms with E-state index in [4.69, 9.17) is 20.8 Å². The molecule has 0 spiro atoms. The Balaban J connectivity index is 2.16. The number of carbonyl (C=O) groups excluding carboxylic acids is 1. The third-order valence-corrected chi connectivity index (χ3v) is 2.66. The fourth-order valence-corrected chi connectivity index (χ4v) is 1.63. The van der Waals surface area contributed by atoms with Gasteiger partial charge in [-0.1, -0.05) is 11.6 Å². The molecule has 0 aliphatic heterocycles. The van der Waals surface area contributed by atoms with Crippen LogP contribution in [0, 0.1) is 5.82 Å². The number of halogens is 2. The van der Waals surface area contributed by atoms with Crippen molar-refractivity contribution in [1.82, 2.24) is 4.98 Å². The maximum atomic E-state index is 13.3. The van der Waals surface area contributed by atoms with Gasteiger partial charge >= 0.3 is 5.97 Å². The van der Waals surface area contributed by atoms with Crippen LogP contribution >= 0.6 is 11.6 Å². The molecule has 1 aromatic carbocycles. The second kappa shape index (κ2) is 5.84. The molecule has 4 nitrogen and oxygen atoms in total. The lowest BCUT2D eigenvalue weighted by molar-refractivity contribution is -0.142. The number of rotatable bonds is 4. The first-order chi connectivity index (χ1) is 9.10. The Labute approximate surface area is 114 Å². The van der Waals surface area contributed by atoms with Crippen molar-refractivity contribution in [2.75, 3.05) is 6.61 Å². The SMILES string of the molecule is CCOC(=O)Cc1coc(-c2ccc(Cl)c(F)c2)n1. The van der Waals surface area contributed by atoms with Gasteiger partial charge in [0, 0.05) is 5.56 Å². The summed E-state index contributed by atoms with van der Waals surface area (Å²) in [6, 6.07) is 4.23. The normalized spacial score (nSPS) is 10.5. The number of ether oxygens (including phenoxy) is 1. The molecule has 0 bridgehead atoms. The molecule has 100 valence electrons. The van der Waals surface area contributed by atoms with E-state index in [1.807, 2.05) is 0 Å². The number of carbonyl (C=O) groups is 1. The Hall–Kier alpha value is -1.88. The Morgan fingerprint density at radius 2 is 2.32 bits per heavy atom. The molecule has 0 aliphatic carbocycles. The van der Waals surface area contributed by atoms with Crippen LogP contribution in [0.4, 0.5) is 4.39 Å². The number of oxazole rings is 1. The van der Waals surface area contributed by atoms with E-state index in [0.29, 0.717) is 17.9 Å². The highest BCUT2D eigenvalue weighted by Gasteiger charge is 2.12. The zero-order valence-electron chi connectivity index (χ0n) is 10.2. The fourth-order valence-electron chi connectivity index (χ4n) is 1.51. The van der Waals surface area contributed by atoms with E-state index in [0.717, 1.165) is 0 Å². The lowest BCUT2D eigenvalue weighted by Gasteiger charge is -1.98. The molecule has 0 radical (unpaired) electrons. The van der Waals surface area contributed by atoms with Gasteiger partial charge < -0.3 is 9.15 Å². The minimum absolute atomic E-state index is 0.0212. The van der Waals surface area contributed by atoms with Crippen molar-refractivity contribution < 1.29 is 18.3 Å². The quantitative estimate of drug-likeness (QED) is 0.808. The molecule has 0 saturated carbocycles. The van der Waals surface area contributed by atoms with Crippen LogP contribution in [0.3, 0.4) is 0 Å². The molecule has 0 saturated heterocycles. The molecule has 0 unspecified atom stereocenters. The summed E-state index contributed by atoms with van der Waals surface area (Å²) in [5.41, 5.74) is 0.890. The standard InChI is InChI=1S/C13H11ClFNO3/c1-2-18-12(17)6-9-7-19-13(16-9)8-3-4-10(14)11(15)5-8/h3-5,7H,2,6H2,1H3. The molecule has 1 aromatic heterocycles. The first-order valence-corrected chi connectivity index (χ1v) is 6.03. The van der Waals surface area contributed by atoms with E-state index in [-0.39, 0.29) is 23.3 Å². The Kier molecular flexibility index (Phi) is 4.16. The Morgan fingerprint density at radius 3 is 3.00 bits per heavy atom. The average molecular weight is 284 g/mol. The van der Waals surface area contributed by atoms with E-state index in [1.165, 1.54) is 18.4 Å². The van der Waals surface area contributed by atoms with Gasteiger partial charge in [0.05, 0.1) is 23.7 Å². The summed E-state index contributed by atoms with van der Waals surface area (Å²) in [6.07, 6.45) is 1.37. The van der Waals surface area contributed by atoms with Crippen LogP contribution in [-0.4, -0.2) is 17.6 Å². The van der Waals surface area contributed by atoms with Gasteiger partial charge in [0.1, 0.15) is 12.1 Å². The van der Waals surface area contributed by atoms with Crippen molar-refractivity contribution in [3.8, 4) is 11.5 Å². The minimum Gasteiger partial charge on any atom is -0.466 e. The van der Waals surface area contributed by atoms with Crippen molar-refractivity contribution in [2.45, 2.75) is 13.3 Å². The summed E-state index contributed by atoms with van der Waals surface area (Å²) in [5.74, 6) is -0.705. The zero-order valence-corrected chi connectivity index (χ0v) is 10.9. The molecule has 1 heterocycles. The van der Waals surface area contributed by atoms with Crippen molar-refractivity contribution in [2.24, 2.45) is 0 Å². The van der Waals surface area contributed by atoms with Gasteiger partial charge in [0.15, 0.2) is 0 Å². The monoisotopic (exact) mass is 283 g/mol. The molecule has 19 heavy (non-hydrogen) atoms. The van der Waals surface area contributed by atoms with Gasteiger partial charge in [-0.2, -0.15) is 0 Å². The van der Waals surface area contributed by atoms with Crippen LogP contribution in [0.25, 0.3) is 11.5 Å². The number of benzene rings is 1. The van der Waals surface area contributed by atoms with E-state index in [1.54, 1.807) is 13.0 Å². The second-order valence-corrected chi connectivity index (χ2v) is 4.16. The summed E-state index contributed by atoms with van der Waals surface area (Å²) < 4.78 is 23.3. The van der Waals surface area contributed by atoms with Crippen molar-refractivity contribution in [1.29, 1.82) is 0 Å². The Bertz CT molecular complexity index is 597. The second-order valence-electron chi connectivity index (χ2n) is 3.75. The predicted molar refractivity (Wildman–Crippen MR) is 67.2 cm³/mol. The van der Waals surface area contributed by atoms with Crippen molar-refractivity contribution >= 4 is 17.6 Å². The molecule has 2 rings (SSSR count). The highest BCUT2D eigenvalue weighted by molar-refractivity contribution is 6.30. The summed E-state index contributed by atoms with van der Waals surface area (Å²) in [6.45, 7) is 2.04. The van der Waals surface area contributed by atoms with E-state index in [2.05, 4.69) is 4.98 Å². The first-order valence-electron chi connectivity index (χ1n) is 5.65. The molecule has 0 fully saturated rings. The molecule has 0 N–H and O–H groups in total. The lowest BCUT2D eigenvalue weighted by atomic mass is 10.2. The summed E-state index contributed by atoms with van der Waals surface area (Å²) >= 11 is 5.59. The largest absolute Gasteiger partial charge is 0.466 e. The van der Waals surface area contributed by atoms with Gasteiger partial charge in [0.25, 0.3) is 0 Å². The predicted octanol–water partition coefficient (Wildman–Crippen LogP) is 3.24. The topological polar surface area (TPSA) is 52.3 Å². The van der Waals surface area contributed by atoms with Gasteiger partial charge in [-0.3, -0.25) is 4.79 Å². The van der Waals surface area contributed by atoms with Crippen molar-refractivity contribution in [3.63, 3.8) is 0 Å². The minimum atomic E-state index is -0.552. The third-order valence-electron chi connectivity index (χ3n) is 2.35. The molecule has 0 amide bonds. The highest BCUT2D eigenvalue weighted by Crippen LogP contribution is 2.23. The third kappa shape index (κ3) is 3.32. The Morgan fingerprint density at radius 1 is 1.53 bits per heavy atom. The van der Waals surface area contributed by atoms with E-state index in [9.17, 15) is 9.18 Å².